The van der Waals surface area contributed by atoms with Crippen molar-refractivity contribution in [3.63, 3.8) is 0 Å². The molecule has 2 heterocycles. The Hall–Kier alpha value is -2.11. The molecular formula is C17H24N4O2. The smallest absolute Gasteiger partial charge is 0.226 e. The van der Waals surface area contributed by atoms with Crippen LogP contribution in [0.25, 0.3) is 0 Å². The monoisotopic (exact) mass is 316 g/mol. The summed E-state index contributed by atoms with van der Waals surface area (Å²) in [6.45, 7) is 2.95. The third-order valence-electron chi connectivity index (χ3n) is 4.57. The number of aromatic nitrogens is 2. The average Bonchev–Trinajstić information content (AvgIpc) is 3.16. The molecule has 0 saturated carbocycles. The summed E-state index contributed by atoms with van der Waals surface area (Å²) in [6, 6.07) is 1.99. The second kappa shape index (κ2) is 6.98. The molecule has 1 fully saturated rings. The SMILES string of the molecule is CC(=O)Nc1ccn([C@H]2CCN(C(=O)CC3=CCCCC3)C2)n1. The maximum Gasteiger partial charge on any atom is 0.226 e. The summed E-state index contributed by atoms with van der Waals surface area (Å²) >= 11 is 0. The van der Waals surface area contributed by atoms with Crippen LogP contribution >= 0.6 is 0 Å². The topological polar surface area (TPSA) is 67.2 Å². The minimum Gasteiger partial charge on any atom is -0.340 e. The molecule has 1 N–H and O–H groups in total. The maximum atomic E-state index is 12.4. The first-order valence-corrected chi connectivity index (χ1v) is 8.40. The number of rotatable bonds is 4. The van der Waals surface area contributed by atoms with Gasteiger partial charge in [0.05, 0.1) is 6.04 Å². The van der Waals surface area contributed by atoms with Gasteiger partial charge in [0.1, 0.15) is 0 Å². The van der Waals surface area contributed by atoms with E-state index in [0.717, 1.165) is 25.8 Å². The fourth-order valence-electron chi connectivity index (χ4n) is 3.34. The summed E-state index contributed by atoms with van der Waals surface area (Å²) in [5.41, 5.74) is 1.30. The molecular weight excluding hydrogens is 292 g/mol. The summed E-state index contributed by atoms with van der Waals surface area (Å²) in [4.78, 5) is 25.4. The van der Waals surface area contributed by atoms with Gasteiger partial charge in [-0.15, -0.1) is 0 Å². The van der Waals surface area contributed by atoms with Gasteiger partial charge in [-0.1, -0.05) is 11.6 Å². The van der Waals surface area contributed by atoms with Crippen LogP contribution in [0.15, 0.2) is 23.9 Å². The first-order valence-electron chi connectivity index (χ1n) is 8.40. The predicted molar refractivity (Wildman–Crippen MR) is 87.9 cm³/mol. The number of carbonyl (C=O) groups excluding carboxylic acids is 2. The van der Waals surface area contributed by atoms with Crippen LogP contribution in [0.1, 0.15) is 51.5 Å². The number of amides is 2. The number of nitrogens with zero attached hydrogens (tertiary/aromatic N) is 3. The summed E-state index contributed by atoms with van der Waals surface area (Å²) in [5, 5.41) is 7.06. The van der Waals surface area contributed by atoms with Gasteiger partial charge >= 0.3 is 0 Å². The molecule has 1 atom stereocenters. The van der Waals surface area contributed by atoms with Crippen molar-refractivity contribution >= 4 is 17.6 Å². The van der Waals surface area contributed by atoms with Crippen LogP contribution in [0, 0.1) is 0 Å². The summed E-state index contributed by atoms with van der Waals surface area (Å²) in [5.74, 6) is 0.670. The van der Waals surface area contributed by atoms with Gasteiger partial charge in [0.25, 0.3) is 0 Å². The first-order chi connectivity index (χ1) is 11.1. The van der Waals surface area contributed by atoms with Crippen molar-refractivity contribution in [2.45, 2.75) is 51.5 Å². The number of nitrogens with one attached hydrogen (secondary N) is 1. The number of anilines is 1. The molecule has 0 spiro atoms. The van der Waals surface area contributed by atoms with E-state index in [4.69, 9.17) is 0 Å². The fourth-order valence-corrected chi connectivity index (χ4v) is 3.34. The zero-order valence-electron chi connectivity index (χ0n) is 13.6. The Morgan fingerprint density at radius 1 is 1.39 bits per heavy atom. The Labute approximate surface area is 136 Å². The molecule has 0 bridgehead atoms. The number of carbonyl (C=O) groups is 2. The largest absolute Gasteiger partial charge is 0.340 e. The standard InChI is InChI=1S/C17H24N4O2/c1-13(22)18-16-8-10-21(19-16)15-7-9-20(12-15)17(23)11-14-5-3-2-4-6-14/h5,8,10,15H,2-4,6-7,9,11-12H2,1H3,(H,18,19,22)/t15-/m0/s1. The van der Waals surface area contributed by atoms with E-state index in [2.05, 4.69) is 16.5 Å². The highest BCUT2D eigenvalue weighted by atomic mass is 16.2. The lowest BCUT2D eigenvalue weighted by Crippen LogP contribution is -2.29. The lowest BCUT2D eigenvalue weighted by Gasteiger charge is -2.19. The highest BCUT2D eigenvalue weighted by Crippen LogP contribution is 2.25. The van der Waals surface area contributed by atoms with Gasteiger partial charge in [-0.2, -0.15) is 5.10 Å². The van der Waals surface area contributed by atoms with Gasteiger partial charge in [0.15, 0.2) is 5.82 Å². The highest BCUT2D eigenvalue weighted by Gasteiger charge is 2.28. The van der Waals surface area contributed by atoms with Gasteiger partial charge in [-0.25, -0.2) is 0 Å². The lowest BCUT2D eigenvalue weighted by atomic mass is 9.97. The van der Waals surface area contributed by atoms with Crippen molar-refractivity contribution in [3.05, 3.63) is 23.9 Å². The van der Waals surface area contributed by atoms with E-state index in [9.17, 15) is 9.59 Å². The van der Waals surface area contributed by atoms with Crippen LogP contribution in [-0.4, -0.2) is 39.6 Å². The third-order valence-corrected chi connectivity index (χ3v) is 4.57. The average molecular weight is 316 g/mol. The molecule has 0 radical (unpaired) electrons. The van der Waals surface area contributed by atoms with Crippen molar-refractivity contribution in [1.82, 2.24) is 14.7 Å². The van der Waals surface area contributed by atoms with E-state index in [1.165, 1.54) is 25.3 Å². The van der Waals surface area contributed by atoms with Gasteiger partial charge < -0.3 is 10.2 Å². The quantitative estimate of drug-likeness (QED) is 0.868. The highest BCUT2D eigenvalue weighted by molar-refractivity contribution is 5.87. The molecule has 2 aliphatic rings. The zero-order valence-corrected chi connectivity index (χ0v) is 13.6. The molecule has 2 amide bonds. The molecule has 124 valence electrons. The second-order valence-electron chi connectivity index (χ2n) is 6.43. The molecule has 1 aromatic heterocycles. The van der Waals surface area contributed by atoms with Gasteiger partial charge in [0.2, 0.25) is 11.8 Å². The van der Waals surface area contributed by atoms with E-state index in [1.54, 1.807) is 6.07 Å². The molecule has 1 aromatic rings. The molecule has 0 unspecified atom stereocenters. The molecule has 0 aromatic carbocycles. The van der Waals surface area contributed by atoms with Crippen LogP contribution in [0.5, 0.6) is 0 Å². The van der Waals surface area contributed by atoms with Gasteiger partial charge in [0, 0.05) is 38.7 Å². The molecule has 6 nitrogen and oxygen atoms in total. The van der Waals surface area contributed by atoms with Crippen LogP contribution in [-0.2, 0) is 9.59 Å². The summed E-state index contributed by atoms with van der Waals surface area (Å²) in [6.07, 6.45) is 10.2. The predicted octanol–water partition coefficient (Wildman–Crippen LogP) is 2.51. The van der Waals surface area contributed by atoms with Crippen molar-refractivity contribution in [3.8, 4) is 0 Å². The Kier molecular flexibility index (Phi) is 4.79. The Balaban J connectivity index is 1.55. The summed E-state index contributed by atoms with van der Waals surface area (Å²) in [7, 11) is 0. The third kappa shape index (κ3) is 4.00. The molecule has 6 heteroatoms. The molecule has 3 rings (SSSR count). The van der Waals surface area contributed by atoms with E-state index in [-0.39, 0.29) is 17.9 Å². The fraction of sp³-hybridized carbons (Fsp3) is 0.588. The molecule has 1 aliphatic carbocycles. The normalized spacial score (nSPS) is 21.2. The second-order valence-corrected chi connectivity index (χ2v) is 6.43. The Bertz CT molecular complexity index is 620. The Morgan fingerprint density at radius 2 is 2.26 bits per heavy atom. The van der Waals surface area contributed by atoms with E-state index in [1.807, 2.05) is 15.8 Å². The minimum absolute atomic E-state index is 0.126. The van der Waals surface area contributed by atoms with Crippen molar-refractivity contribution in [2.75, 3.05) is 18.4 Å². The number of allylic oxidation sites excluding steroid dienone is 1. The molecule has 23 heavy (non-hydrogen) atoms. The number of likely N-dealkylation sites (tertiary alicyclic amines) is 1. The van der Waals surface area contributed by atoms with Crippen LogP contribution in [0.3, 0.4) is 0 Å². The number of hydrogen-bond acceptors (Lipinski definition) is 3. The first kappa shape index (κ1) is 15.8. The van der Waals surface area contributed by atoms with E-state index in [0.29, 0.717) is 18.8 Å². The molecule has 1 saturated heterocycles. The van der Waals surface area contributed by atoms with Crippen molar-refractivity contribution in [2.24, 2.45) is 0 Å². The van der Waals surface area contributed by atoms with Crippen LogP contribution in [0.4, 0.5) is 5.82 Å². The van der Waals surface area contributed by atoms with Crippen LogP contribution in [0.2, 0.25) is 0 Å². The maximum absolute atomic E-state index is 12.4. The summed E-state index contributed by atoms with van der Waals surface area (Å²) < 4.78 is 1.86. The number of hydrogen-bond donors (Lipinski definition) is 1. The Morgan fingerprint density at radius 3 is 3.00 bits per heavy atom. The minimum atomic E-state index is -0.126. The lowest BCUT2D eigenvalue weighted by molar-refractivity contribution is -0.129. The zero-order chi connectivity index (χ0) is 16.2. The van der Waals surface area contributed by atoms with Crippen molar-refractivity contribution in [1.29, 1.82) is 0 Å². The van der Waals surface area contributed by atoms with Gasteiger partial charge in [-0.3, -0.25) is 14.3 Å². The van der Waals surface area contributed by atoms with Crippen LogP contribution < -0.4 is 5.32 Å². The molecule has 1 aliphatic heterocycles. The van der Waals surface area contributed by atoms with E-state index >= 15 is 0 Å². The van der Waals surface area contributed by atoms with Crippen molar-refractivity contribution < 1.29 is 9.59 Å². The van der Waals surface area contributed by atoms with Gasteiger partial charge in [-0.05, 0) is 32.1 Å². The van der Waals surface area contributed by atoms with E-state index < -0.39 is 0 Å².